The van der Waals surface area contributed by atoms with E-state index in [9.17, 15) is 9.59 Å². The van der Waals surface area contributed by atoms with Crippen LogP contribution in [0.5, 0.6) is 11.5 Å². The number of ether oxygens (including phenoxy) is 1. The molecule has 43 heavy (non-hydrogen) atoms. The number of carbonyl (C=O) groups excluding carboxylic acids is 1. The summed E-state index contributed by atoms with van der Waals surface area (Å²) in [4.78, 5) is 36.9. The quantitative estimate of drug-likeness (QED) is 0.262. The highest BCUT2D eigenvalue weighted by atomic mass is 35.5. The fourth-order valence-electron chi connectivity index (χ4n) is 4.75. The van der Waals surface area contributed by atoms with E-state index in [1.807, 2.05) is 18.2 Å². The number of hydrogen-bond acceptors (Lipinski definition) is 7. The number of para-hydroxylation sites is 1. The minimum atomic E-state index is -0.683. The zero-order chi connectivity index (χ0) is 28.9. The van der Waals surface area contributed by atoms with E-state index < -0.39 is 17.3 Å². The van der Waals surface area contributed by atoms with Crippen molar-refractivity contribution in [3.8, 4) is 28.3 Å². The lowest BCUT2D eigenvalue weighted by atomic mass is 10.1. The SMILES string of the molecule is Cl.O=C(Nc1ccc(Oc2ccncc2-c2ccc(N3CCNCC3)nc2)c(F)c1)c1cccn(-c2ccccc2)c1=O. The molecule has 0 radical (unpaired) electrons. The molecular weight excluding hydrogens is 571 g/mol. The Kier molecular flexibility index (Phi) is 9.09. The summed E-state index contributed by atoms with van der Waals surface area (Å²) in [6.45, 7) is 3.61. The molecule has 4 heterocycles. The number of carbonyl (C=O) groups is 1. The van der Waals surface area contributed by atoms with Gasteiger partial charge in [0.15, 0.2) is 11.6 Å². The molecule has 9 nitrogen and oxygen atoms in total. The molecule has 6 rings (SSSR count). The number of amides is 1. The van der Waals surface area contributed by atoms with Crippen molar-refractivity contribution < 1.29 is 13.9 Å². The highest BCUT2D eigenvalue weighted by molar-refractivity contribution is 6.04. The van der Waals surface area contributed by atoms with Crippen LogP contribution in [-0.4, -0.2) is 46.6 Å². The van der Waals surface area contributed by atoms with E-state index in [1.165, 1.54) is 22.8 Å². The molecule has 1 amide bonds. The summed E-state index contributed by atoms with van der Waals surface area (Å²) in [6, 6.07) is 21.7. The summed E-state index contributed by atoms with van der Waals surface area (Å²) in [7, 11) is 0. The summed E-state index contributed by atoms with van der Waals surface area (Å²) < 4.78 is 22.5. The molecule has 1 fully saturated rings. The number of anilines is 2. The molecule has 0 unspecified atom stereocenters. The van der Waals surface area contributed by atoms with Gasteiger partial charge < -0.3 is 20.3 Å². The first-order chi connectivity index (χ1) is 20.6. The van der Waals surface area contributed by atoms with Crippen molar-refractivity contribution in [3.05, 3.63) is 125 Å². The Labute approximate surface area is 253 Å². The average molecular weight is 599 g/mol. The summed E-state index contributed by atoms with van der Waals surface area (Å²) >= 11 is 0. The van der Waals surface area contributed by atoms with Crippen molar-refractivity contribution in [3.63, 3.8) is 0 Å². The fourth-order valence-corrected chi connectivity index (χ4v) is 4.75. The van der Waals surface area contributed by atoms with Gasteiger partial charge in [-0.2, -0.15) is 0 Å². The molecule has 218 valence electrons. The largest absolute Gasteiger partial charge is 0.454 e. The van der Waals surface area contributed by atoms with Crippen LogP contribution >= 0.6 is 12.4 Å². The van der Waals surface area contributed by atoms with E-state index in [0.717, 1.165) is 43.6 Å². The predicted octanol–water partition coefficient (Wildman–Crippen LogP) is 5.31. The normalized spacial score (nSPS) is 12.7. The minimum Gasteiger partial charge on any atom is -0.454 e. The molecule has 0 bridgehead atoms. The van der Waals surface area contributed by atoms with Crippen LogP contribution in [0.15, 0.2) is 108 Å². The van der Waals surface area contributed by atoms with Gasteiger partial charge in [-0.05, 0) is 54.6 Å². The first-order valence-electron chi connectivity index (χ1n) is 13.5. The van der Waals surface area contributed by atoms with Gasteiger partial charge in [-0.15, -0.1) is 12.4 Å². The molecule has 2 aromatic carbocycles. The maximum atomic E-state index is 15.2. The van der Waals surface area contributed by atoms with E-state index in [2.05, 4.69) is 25.5 Å². The number of halogens is 2. The minimum absolute atomic E-state index is 0. The van der Waals surface area contributed by atoms with Crippen molar-refractivity contribution >= 4 is 29.8 Å². The Bertz CT molecular complexity index is 1780. The van der Waals surface area contributed by atoms with E-state index >= 15 is 4.39 Å². The Morgan fingerprint density at radius 3 is 2.49 bits per heavy atom. The molecule has 11 heteroatoms. The number of nitrogens with zero attached hydrogens (tertiary/aromatic N) is 4. The van der Waals surface area contributed by atoms with Crippen molar-refractivity contribution in [2.45, 2.75) is 0 Å². The van der Waals surface area contributed by atoms with Gasteiger partial charge in [0.2, 0.25) is 0 Å². The second kappa shape index (κ2) is 13.3. The lowest BCUT2D eigenvalue weighted by molar-refractivity contribution is 0.102. The van der Waals surface area contributed by atoms with Gasteiger partial charge in [0.1, 0.15) is 17.1 Å². The standard InChI is InChI=1S/C32H27FN6O3.ClH/c33-27-19-23(37-31(40)25-7-4-16-39(32(25)41)24-5-2-1-3-6-24)9-10-29(27)42-28-12-13-35-21-26(28)22-8-11-30(36-20-22)38-17-14-34-15-18-38;/h1-13,16,19-21,34H,14-15,17-18H2,(H,37,40);1H. The molecular formula is C32H28ClFN6O3. The highest BCUT2D eigenvalue weighted by Gasteiger charge is 2.17. The van der Waals surface area contributed by atoms with Crippen LogP contribution in [0.1, 0.15) is 10.4 Å². The van der Waals surface area contributed by atoms with Crippen molar-refractivity contribution in [2.75, 3.05) is 36.4 Å². The summed E-state index contributed by atoms with van der Waals surface area (Å²) in [5.41, 5.74) is 1.70. The third-order valence-electron chi connectivity index (χ3n) is 6.92. The van der Waals surface area contributed by atoms with Gasteiger partial charge in [-0.25, -0.2) is 9.37 Å². The predicted molar refractivity (Wildman–Crippen MR) is 166 cm³/mol. The van der Waals surface area contributed by atoms with Gasteiger partial charge in [-0.3, -0.25) is 19.1 Å². The number of nitrogens with one attached hydrogen (secondary N) is 2. The average Bonchev–Trinajstić information content (AvgIpc) is 3.03. The van der Waals surface area contributed by atoms with Crippen LogP contribution in [0.4, 0.5) is 15.9 Å². The molecule has 2 N–H and O–H groups in total. The van der Waals surface area contributed by atoms with Crippen LogP contribution < -0.4 is 25.8 Å². The number of hydrogen-bond donors (Lipinski definition) is 2. The first-order valence-corrected chi connectivity index (χ1v) is 13.5. The monoisotopic (exact) mass is 598 g/mol. The molecule has 0 aliphatic carbocycles. The first kappa shape index (κ1) is 29.4. The lowest BCUT2D eigenvalue weighted by Crippen LogP contribution is -2.43. The van der Waals surface area contributed by atoms with Gasteiger partial charge in [0, 0.05) is 79.5 Å². The Morgan fingerprint density at radius 2 is 1.74 bits per heavy atom. The molecule has 1 aliphatic heterocycles. The van der Waals surface area contributed by atoms with E-state index in [4.69, 9.17) is 4.74 Å². The number of pyridine rings is 3. The molecule has 0 atom stereocenters. The van der Waals surface area contributed by atoms with Gasteiger partial charge in [0.25, 0.3) is 11.5 Å². The van der Waals surface area contributed by atoms with Gasteiger partial charge >= 0.3 is 0 Å². The van der Waals surface area contributed by atoms with Crippen molar-refractivity contribution in [1.29, 1.82) is 0 Å². The third kappa shape index (κ3) is 6.56. The smallest absolute Gasteiger partial charge is 0.267 e. The van der Waals surface area contributed by atoms with Crippen LogP contribution in [0.25, 0.3) is 16.8 Å². The van der Waals surface area contributed by atoms with Gasteiger partial charge in [0.05, 0.1) is 0 Å². The third-order valence-corrected chi connectivity index (χ3v) is 6.92. The second-order valence-corrected chi connectivity index (χ2v) is 9.65. The summed E-state index contributed by atoms with van der Waals surface area (Å²) in [5.74, 6) is -0.0612. The van der Waals surface area contributed by atoms with Crippen LogP contribution in [0.3, 0.4) is 0 Å². The molecule has 5 aromatic rings. The van der Waals surface area contributed by atoms with E-state index in [-0.39, 0.29) is 29.4 Å². The molecule has 0 saturated carbocycles. The van der Waals surface area contributed by atoms with E-state index in [0.29, 0.717) is 17.0 Å². The molecule has 3 aromatic heterocycles. The van der Waals surface area contributed by atoms with Crippen LogP contribution in [0, 0.1) is 5.82 Å². The number of rotatable bonds is 7. The number of aromatic nitrogens is 3. The van der Waals surface area contributed by atoms with Crippen molar-refractivity contribution in [1.82, 2.24) is 19.9 Å². The fraction of sp³-hybridized carbons (Fsp3) is 0.125. The molecule has 0 spiro atoms. The van der Waals surface area contributed by atoms with Crippen LogP contribution in [0.2, 0.25) is 0 Å². The Balaban J connectivity index is 0.00000368. The zero-order valence-electron chi connectivity index (χ0n) is 22.9. The maximum Gasteiger partial charge on any atom is 0.267 e. The lowest BCUT2D eigenvalue weighted by Gasteiger charge is -2.28. The van der Waals surface area contributed by atoms with Crippen molar-refractivity contribution in [2.24, 2.45) is 0 Å². The van der Waals surface area contributed by atoms with E-state index in [1.54, 1.807) is 61.2 Å². The second-order valence-electron chi connectivity index (χ2n) is 9.65. The zero-order valence-corrected chi connectivity index (χ0v) is 23.8. The maximum absolute atomic E-state index is 15.2. The van der Waals surface area contributed by atoms with Gasteiger partial charge in [-0.1, -0.05) is 18.2 Å². The molecule has 1 aliphatic rings. The highest BCUT2D eigenvalue weighted by Crippen LogP contribution is 2.34. The topological polar surface area (TPSA) is 101 Å². The Morgan fingerprint density at radius 1 is 0.930 bits per heavy atom. The summed E-state index contributed by atoms with van der Waals surface area (Å²) in [6.07, 6.45) is 6.55. The number of benzene rings is 2. The van der Waals surface area contributed by atoms with Crippen LogP contribution in [-0.2, 0) is 0 Å². The molecule has 1 saturated heterocycles. The Hall–Kier alpha value is -5.06. The number of piperazine rings is 1. The summed E-state index contributed by atoms with van der Waals surface area (Å²) in [5, 5.41) is 5.93.